The Morgan fingerprint density at radius 1 is 1.32 bits per heavy atom. The SMILES string of the molecule is CCN1CCC(NCC=Cc2ccccc2[N+](=O)[O-])C[C@@]1(O)c1ccnc2ccc(OC)cc12. The summed E-state index contributed by atoms with van der Waals surface area (Å²) >= 11 is 0. The molecule has 2 N–H and O–H groups in total. The molecule has 1 saturated heterocycles. The normalized spacial score (nSPS) is 21.2. The molecule has 0 radical (unpaired) electrons. The highest BCUT2D eigenvalue weighted by Crippen LogP contribution is 2.39. The van der Waals surface area contributed by atoms with Gasteiger partial charge in [0.2, 0.25) is 0 Å². The van der Waals surface area contributed by atoms with Crippen LogP contribution in [0.2, 0.25) is 0 Å². The quantitative estimate of drug-likeness (QED) is 0.384. The van der Waals surface area contributed by atoms with Crippen LogP contribution in [0.15, 0.2) is 60.8 Å². The van der Waals surface area contributed by atoms with E-state index >= 15 is 0 Å². The molecule has 0 bridgehead atoms. The van der Waals surface area contributed by atoms with E-state index in [0.29, 0.717) is 25.1 Å². The van der Waals surface area contributed by atoms with E-state index in [1.54, 1.807) is 37.6 Å². The summed E-state index contributed by atoms with van der Waals surface area (Å²) in [6.45, 7) is 4.06. The monoisotopic (exact) mass is 462 g/mol. The molecule has 2 heterocycles. The molecule has 34 heavy (non-hydrogen) atoms. The maximum Gasteiger partial charge on any atom is 0.276 e. The molecule has 1 fully saturated rings. The van der Waals surface area contributed by atoms with Gasteiger partial charge in [0.1, 0.15) is 11.5 Å². The van der Waals surface area contributed by atoms with Gasteiger partial charge in [-0.3, -0.25) is 20.0 Å². The maximum atomic E-state index is 12.0. The van der Waals surface area contributed by atoms with Crippen LogP contribution in [-0.2, 0) is 5.72 Å². The van der Waals surface area contributed by atoms with Crippen molar-refractivity contribution in [3.8, 4) is 5.75 Å². The van der Waals surface area contributed by atoms with Crippen molar-refractivity contribution in [1.82, 2.24) is 15.2 Å². The number of nitrogens with zero attached hydrogens (tertiary/aromatic N) is 3. The number of nitro benzene ring substituents is 1. The number of aromatic nitrogens is 1. The van der Waals surface area contributed by atoms with Crippen molar-refractivity contribution in [2.45, 2.75) is 31.5 Å². The van der Waals surface area contributed by atoms with Gasteiger partial charge in [-0.05, 0) is 43.3 Å². The summed E-state index contributed by atoms with van der Waals surface area (Å²) in [5, 5.41) is 27.6. The summed E-state index contributed by atoms with van der Waals surface area (Å²) in [5.41, 5.74) is 1.14. The highest BCUT2D eigenvalue weighted by Gasteiger charge is 2.42. The maximum absolute atomic E-state index is 12.0. The lowest BCUT2D eigenvalue weighted by Gasteiger charge is -2.46. The number of pyridine rings is 1. The van der Waals surface area contributed by atoms with Gasteiger partial charge in [0.05, 0.1) is 23.1 Å². The lowest BCUT2D eigenvalue weighted by molar-refractivity contribution is -0.385. The number of fused-ring (bicyclic) bond motifs is 1. The third-order valence-electron chi connectivity index (χ3n) is 6.52. The number of nitro groups is 1. The third kappa shape index (κ3) is 4.79. The molecule has 4 rings (SSSR count). The van der Waals surface area contributed by atoms with Crippen LogP contribution in [-0.4, -0.2) is 52.7 Å². The fourth-order valence-corrected chi connectivity index (χ4v) is 4.76. The molecule has 1 aliphatic heterocycles. The highest BCUT2D eigenvalue weighted by molar-refractivity contribution is 5.84. The second-order valence-corrected chi connectivity index (χ2v) is 8.45. The first-order valence-corrected chi connectivity index (χ1v) is 11.5. The molecular formula is C26H30N4O4. The highest BCUT2D eigenvalue weighted by atomic mass is 16.6. The summed E-state index contributed by atoms with van der Waals surface area (Å²) in [6, 6.07) is 14.4. The van der Waals surface area contributed by atoms with Gasteiger partial charge in [-0.2, -0.15) is 0 Å². The van der Waals surface area contributed by atoms with Crippen molar-refractivity contribution in [1.29, 1.82) is 0 Å². The topological polar surface area (TPSA) is 101 Å². The molecule has 3 aromatic rings. The molecule has 2 atom stereocenters. The smallest absolute Gasteiger partial charge is 0.276 e. The van der Waals surface area contributed by atoms with E-state index in [2.05, 4.69) is 22.1 Å². The Hall–Kier alpha value is -3.33. The van der Waals surface area contributed by atoms with Crippen LogP contribution in [0.4, 0.5) is 5.69 Å². The van der Waals surface area contributed by atoms with E-state index in [1.165, 1.54) is 6.07 Å². The molecular weight excluding hydrogens is 432 g/mol. The fraction of sp³-hybridized carbons (Fsp3) is 0.346. The number of para-hydroxylation sites is 1. The molecule has 178 valence electrons. The Kier molecular flexibility index (Phi) is 7.21. The van der Waals surface area contributed by atoms with Gasteiger partial charge in [0, 0.05) is 48.8 Å². The molecule has 0 saturated carbocycles. The van der Waals surface area contributed by atoms with Crippen molar-refractivity contribution in [2.24, 2.45) is 0 Å². The second kappa shape index (κ2) is 10.3. The molecule has 8 nitrogen and oxygen atoms in total. The Morgan fingerprint density at radius 2 is 2.15 bits per heavy atom. The fourth-order valence-electron chi connectivity index (χ4n) is 4.76. The number of hydrogen-bond donors (Lipinski definition) is 2. The van der Waals surface area contributed by atoms with Gasteiger partial charge in [-0.15, -0.1) is 0 Å². The minimum Gasteiger partial charge on any atom is -0.497 e. The Morgan fingerprint density at radius 3 is 2.91 bits per heavy atom. The van der Waals surface area contributed by atoms with E-state index < -0.39 is 5.72 Å². The van der Waals surface area contributed by atoms with Crippen molar-refractivity contribution in [3.05, 3.63) is 82.0 Å². The number of nitrogens with one attached hydrogen (secondary N) is 1. The van der Waals surface area contributed by atoms with Crippen LogP contribution < -0.4 is 10.1 Å². The van der Waals surface area contributed by atoms with Crippen LogP contribution in [0, 0.1) is 10.1 Å². The number of benzene rings is 2. The molecule has 1 unspecified atom stereocenters. The first-order valence-electron chi connectivity index (χ1n) is 11.5. The number of methoxy groups -OCH3 is 1. The van der Waals surface area contributed by atoms with Gasteiger partial charge in [0.25, 0.3) is 5.69 Å². The summed E-state index contributed by atoms with van der Waals surface area (Å²) in [5.74, 6) is 0.721. The second-order valence-electron chi connectivity index (χ2n) is 8.45. The lowest BCUT2D eigenvalue weighted by atomic mass is 9.86. The largest absolute Gasteiger partial charge is 0.497 e. The minimum absolute atomic E-state index is 0.0806. The first-order chi connectivity index (χ1) is 16.5. The van der Waals surface area contributed by atoms with Crippen molar-refractivity contribution in [2.75, 3.05) is 26.7 Å². The van der Waals surface area contributed by atoms with Gasteiger partial charge in [-0.25, -0.2) is 0 Å². The van der Waals surface area contributed by atoms with E-state index in [9.17, 15) is 15.2 Å². The van der Waals surface area contributed by atoms with Gasteiger partial charge in [0.15, 0.2) is 0 Å². The number of likely N-dealkylation sites (tertiary alicyclic amines) is 1. The molecule has 2 aromatic carbocycles. The number of rotatable bonds is 8. The van der Waals surface area contributed by atoms with Crippen LogP contribution in [0.5, 0.6) is 5.75 Å². The first kappa shape index (κ1) is 23.8. The van der Waals surface area contributed by atoms with Gasteiger partial charge >= 0.3 is 0 Å². The Balaban J connectivity index is 1.53. The number of ether oxygens (including phenoxy) is 1. The zero-order valence-electron chi connectivity index (χ0n) is 19.5. The summed E-state index contributed by atoms with van der Waals surface area (Å²) in [6.07, 6.45) is 6.79. The summed E-state index contributed by atoms with van der Waals surface area (Å²) in [7, 11) is 1.63. The molecule has 0 spiro atoms. The molecule has 8 heteroatoms. The standard InChI is InChI=1S/C26H30N4O4/c1-3-29-16-13-20(27-14-6-8-19-7-4-5-9-25(19)30(32)33)18-26(29,31)23-12-15-28-24-11-10-21(34-2)17-22(23)24/h4-12,15,17,20,27,31H,3,13-14,16,18H2,1-2H3/t20?,26-/m1/s1. The predicted octanol–water partition coefficient (Wildman–Crippen LogP) is 4.08. The summed E-state index contributed by atoms with van der Waals surface area (Å²) in [4.78, 5) is 17.4. The molecule has 1 aromatic heterocycles. The zero-order chi connectivity index (χ0) is 24.1. The zero-order valence-corrected chi connectivity index (χ0v) is 19.5. The number of hydrogen-bond acceptors (Lipinski definition) is 7. The molecule has 1 aliphatic rings. The number of aliphatic hydroxyl groups is 1. The van der Waals surface area contributed by atoms with Crippen molar-refractivity contribution < 1.29 is 14.8 Å². The van der Waals surface area contributed by atoms with E-state index in [0.717, 1.165) is 35.2 Å². The predicted molar refractivity (Wildman–Crippen MR) is 133 cm³/mol. The van der Waals surface area contributed by atoms with Crippen LogP contribution in [0.3, 0.4) is 0 Å². The summed E-state index contributed by atoms with van der Waals surface area (Å²) < 4.78 is 5.41. The molecule has 0 aliphatic carbocycles. The van der Waals surface area contributed by atoms with Crippen LogP contribution in [0.1, 0.15) is 30.9 Å². The van der Waals surface area contributed by atoms with Crippen molar-refractivity contribution in [3.63, 3.8) is 0 Å². The van der Waals surface area contributed by atoms with Crippen LogP contribution >= 0.6 is 0 Å². The van der Waals surface area contributed by atoms with E-state index in [-0.39, 0.29) is 16.7 Å². The third-order valence-corrected chi connectivity index (χ3v) is 6.52. The van der Waals surface area contributed by atoms with E-state index in [4.69, 9.17) is 4.74 Å². The van der Waals surface area contributed by atoms with Crippen molar-refractivity contribution >= 4 is 22.7 Å². The van der Waals surface area contributed by atoms with Gasteiger partial charge < -0.3 is 15.2 Å². The Bertz CT molecular complexity index is 1200. The van der Waals surface area contributed by atoms with Crippen LogP contribution in [0.25, 0.3) is 17.0 Å². The Labute approximate surface area is 199 Å². The average Bonchev–Trinajstić information content (AvgIpc) is 2.86. The molecule has 0 amide bonds. The lowest BCUT2D eigenvalue weighted by Crippen LogP contribution is -2.55. The van der Waals surface area contributed by atoms with Gasteiger partial charge in [-0.1, -0.05) is 31.2 Å². The van der Waals surface area contributed by atoms with E-state index in [1.807, 2.05) is 30.3 Å². The number of piperidine rings is 1. The minimum atomic E-state index is -1.15. The average molecular weight is 463 g/mol.